The van der Waals surface area contributed by atoms with Crippen molar-refractivity contribution >= 4 is 16.6 Å². The van der Waals surface area contributed by atoms with Crippen molar-refractivity contribution < 1.29 is 8.85 Å². The molecule has 0 saturated heterocycles. The topological polar surface area (TPSA) is 18.5 Å². The summed E-state index contributed by atoms with van der Waals surface area (Å²) in [6.07, 6.45) is 3.63. The van der Waals surface area contributed by atoms with Crippen molar-refractivity contribution in [2.75, 3.05) is 13.2 Å². The van der Waals surface area contributed by atoms with Crippen LogP contribution in [0.5, 0.6) is 0 Å². The standard InChI is InChI=1S/C17H40O2Si2/c1-7-14-18-20(9-3,10-4)16-13-17-21(11-5,12-6)19-15-8-2/h7-17H2,1-6H3. The highest BCUT2D eigenvalue weighted by Crippen LogP contribution is 2.30. The van der Waals surface area contributed by atoms with Gasteiger partial charge in [0.15, 0.2) is 16.6 Å². The van der Waals surface area contributed by atoms with E-state index in [1.807, 2.05) is 0 Å². The van der Waals surface area contributed by atoms with Gasteiger partial charge in [0.25, 0.3) is 0 Å². The quantitative estimate of drug-likeness (QED) is 0.352. The second-order valence-electron chi connectivity index (χ2n) is 6.33. The van der Waals surface area contributed by atoms with Gasteiger partial charge in [0.05, 0.1) is 0 Å². The van der Waals surface area contributed by atoms with Crippen molar-refractivity contribution in [3.8, 4) is 0 Å². The zero-order valence-electron chi connectivity index (χ0n) is 15.6. The summed E-state index contributed by atoms with van der Waals surface area (Å²) in [7, 11) is -2.91. The van der Waals surface area contributed by atoms with Crippen molar-refractivity contribution in [2.24, 2.45) is 0 Å². The van der Waals surface area contributed by atoms with E-state index in [4.69, 9.17) is 8.85 Å². The molecule has 0 bridgehead atoms. The molecule has 0 amide bonds. The maximum absolute atomic E-state index is 6.35. The second kappa shape index (κ2) is 11.9. The van der Waals surface area contributed by atoms with Gasteiger partial charge in [-0.3, -0.25) is 0 Å². The van der Waals surface area contributed by atoms with Crippen molar-refractivity contribution in [1.82, 2.24) is 0 Å². The van der Waals surface area contributed by atoms with Gasteiger partial charge in [-0.25, -0.2) is 0 Å². The first-order chi connectivity index (χ1) is 10.1. The van der Waals surface area contributed by atoms with E-state index in [-0.39, 0.29) is 0 Å². The molecule has 0 aromatic heterocycles. The Labute approximate surface area is 136 Å². The van der Waals surface area contributed by atoms with Crippen LogP contribution in [0.25, 0.3) is 0 Å². The molecular weight excluding hydrogens is 292 g/mol. The van der Waals surface area contributed by atoms with E-state index in [0.29, 0.717) is 0 Å². The number of hydrogen-bond acceptors (Lipinski definition) is 2. The molecule has 0 unspecified atom stereocenters. The Bertz CT molecular complexity index is 215. The van der Waals surface area contributed by atoms with Crippen molar-refractivity contribution in [3.63, 3.8) is 0 Å². The fourth-order valence-corrected chi connectivity index (χ4v) is 9.92. The van der Waals surface area contributed by atoms with Gasteiger partial charge in [-0.15, -0.1) is 0 Å². The van der Waals surface area contributed by atoms with E-state index in [2.05, 4.69) is 41.5 Å². The minimum atomic E-state index is -1.45. The molecule has 0 rings (SSSR count). The minimum absolute atomic E-state index is 0.963. The van der Waals surface area contributed by atoms with Gasteiger partial charge in [-0.2, -0.15) is 0 Å². The molecule has 0 atom stereocenters. The molecule has 0 spiro atoms. The second-order valence-corrected chi connectivity index (χ2v) is 15.5. The van der Waals surface area contributed by atoms with Crippen LogP contribution in [0.2, 0.25) is 36.3 Å². The van der Waals surface area contributed by atoms with E-state index < -0.39 is 16.6 Å². The molecule has 4 heteroatoms. The van der Waals surface area contributed by atoms with Crippen LogP contribution < -0.4 is 0 Å². The lowest BCUT2D eigenvalue weighted by Crippen LogP contribution is -2.40. The average Bonchev–Trinajstić information content (AvgIpc) is 2.54. The van der Waals surface area contributed by atoms with Gasteiger partial charge >= 0.3 is 0 Å². The molecule has 0 aliphatic heterocycles. The third-order valence-electron chi connectivity index (χ3n) is 5.07. The summed E-state index contributed by atoms with van der Waals surface area (Å²) in [5.74, 6) is 0. The molecule has 0 aliphatic carbocycles. The number of hydrogen-bond donors (Lipinski definition) is 0. The Balaban J connectivity index is 4.49. The summed E-state index contributed by atoms with van der Waals surface area (Å²) in [6.45, 7) is 15.7. The smallest absolute Gasteiger partial charge is 0.192 e. The van der Waals surface area contributed by atoms with Crippen LogP contribution in [0.15, 0.2) is 0 Å². The fraction of sp³-hybridized carbons (Fsp3) is 1.00. The maximum Gasteiger partial charge on any atom is 0.192 e. The Kier molecular flexibility index (Phi) is 12.1. The van der Waals surface area contributed by atoms with E-state index in [9.17, 15) is 0 Å². The van der Waals surface area contributed by atoms with E-state index in [1.165, 1.54) is 42.7 Å². The van der Waals surface area contributed by atoms with E-state index >= 15 is 0 Å². The van der Waals surface area contributed by atoms with Gasteiger partial charge < -0.3 is 8.85 Å². The fourth-order valence-electron chi connectivity index (χ4n) is 3.13. The highest BCUT2D eigenvalue weighted by atomic mass is 28.4. The Morgan fingerprint density at radius 2 is 0.905 bits per heavy atom. The molecule has 0 saturated carbocycles. The van der Waals surface area contributed by atoms with Crippen molar-refractivity contribution in [1.29, 1.82) is 0 Å². The Morgan fingerprint density at radius 3 is 1.14 bits per heavy atom. The lowest BCUT2D eigenvalue weighted by atomic mass is 10.5. The summed E-state index contributed by atoms with van der Waals surface area (Å²) >= 11 is 0. The molecule has 21 heavy (non-hydrogen) atoms. The van der Waals surface area contributed by atoms with E-state index in [0.717, 1.165) is 26.1 Å². The molecule has 0 N–H and O–H groups in total. The largest absolute Gasteiger partial charge is 0.417 e. The predicted octanol–water partition coefficient (Wildman–Crippen LogP) is 6.20. The molecule has 0 fully saturated rings. The van der Waals surface area contributed by atoms with Gasteiger partial charge in [0.1, 0.15) is 0 Å². The third kappa shape index (κ3) is 7.44. The predicted molar refractivity (Wildman–Crippen MR) is 100 cm³/mol. The van der Waals surface area contributed by atoms with Crippen LogP contribution in [0, 0.1) is 0 Å². The molecule has 128 valence electrons. The van der Waals surface area contributed by atoms with Gasteiger partial charge in [0.2, 0.25) is 0 Å². The summed E-state index contributed by atoms with van der Waals surface area (Å²) in [6, 6.07) is 7.75. The molecule has 2 nitrogen and oxygen atoms in total. The highest BCUT2D eigenvalue weighted by Gasteiger charge is 2.34. The zero-order valence-corrected chi connectivity index (χ0v) is 17.6. The highest BCUT2D eigenvalue weighted by molar-refractivity contribution is 6.75. The first-order valence-corrected chi connectivity index (χ1v) is 14.4. The van der Waals surface area contributed by atoms with Gasteiger partial charge in [-0.1, -0.05) is 48.0 Å². The monoisotopic (exact) mass is 332 g/mol. The first-order valence-electron chi connectivity index (χ1n) is 9.35. The summed E-state index contributed by atoms with van der Waals surface area (Å²) < 4.78 is 12.7. The molecule has 0 aliphatic rings. The Morgan fingerprint density at radius 1 is 0.571 bits per heavy atom. The summed E-state index contributed by atoms with van der Waals surface area (Å²) in [4.78, 5) is 0. The summed E-state index contributed by atoms with van der Waals surface area (Å²) in [5, 5.41) is 0. The maximum atomic E-state index is 6.35. The SMILES string of the molecule is CCCO[Si](CC)(CC)CCC[Si](CC)(CC)OCCC. The molecule has 0 aromatic rings. The van der Waals surface area contributed by atoms with Crippen LogP contribution in [0.4, 0.5) is 0 Å². The average molecular weight is 333 g/mol. The van der Waals surface area contributed by atoms with Crippen molar-refractivity contribution in [3.05, 3.63) is 0 Å². The third-order valence-corrected chi connectivity index (χ3v) is 14.4. The van der Waals surface area contributed by atoms with Crippen LogP contribution in [-0.4, -0.2) is 29.8 Å². The molecule has 0 aromatic carbocycles. The number of rotatable bonds is 14. The summed E-state index contributed by atoms with van der Waals surface area (Å²) in [5.41, 5.74) is 0. The lowest BCUT2D eigenvalue weighted by molar-refractivity contribution is 0.292. The van der Waals surface area contributed by atoms with Crippen LogP contribution in [0.3, 0.4) is 0 Å². The van der Waals surface area contributed by atoms with Crippen molar-refractivity contribution in [2.45, 2.75) is 97.1 Å². The molecule has 0 radical (unpaired) electrons. The minimum Gasteiger partial charge on any atom is -0.417 e. The van der Waals surface area contributed by atoms with E-state index in [1.54, 1.807) is 0 Å². The zero-order chi connectivity index (χ0) is 16.2. The Hall–Kier alpha value is 0.354. The van der Waals surface area contributed by atoms with Crippen LogP contribution >= 0.6 is 0 Å². The normalized spacial score (nSPS) is 12.9. The molecule has 0 heterocycles. The van der Waals surface area contributed by atoms with Crippen LogP contribution in [0.1, 0.15) is 60.8 Å². The van der Waals surface area contributed by atoms with Gasteiger partial charge in [0, 0.05) is 13.2 Å². The van der Waals surface area contributed by atoms with Gasteiger partial charge in [-0.05, 0) is 49.1 Å². The lowest BCUT2D eigenvalue weighted by Gasteiger charge is -2.33. The first kappa shape index (κ1) is 21.4. The molecular formula is C17H40O2Si2. The van der Waals surface area contributed by atoms with Crippen LogP contribution in [-0.2, 0) is 8.85 Å².